The average molecular weight is 228 g/mol. The van der Waals surface area contributed by atoms with Crippen molar-refractivity contribution in [1.82, 2.24) is 0 Å². The molecule has 0 bridgehead atoms. The van der Waals surface area contributed by atoms with Crippen molar-refractivity contribution in [3.63, 3.8) is 0 Å². The number of amidine groups is 1. The summed E-state index contributed by atoms with van der Waals surface area (Å²) in [6, 6.07) is 13.9. The topological polar surface area (TPSA) is 37.5 Å². The molecule has 2 aromatic rings. The van der Waals surface area contributed by atoms with E-state index in [0.717, 1.165) is 17.3 Å². The maximum absolute atomic E-state index is 5.38. The van der Waals surface area contributed by atoms with Gasteiger partial charge in [-0.2, -0.15) is 0 Å². The fourth-order valence-electron chi connectivity index (χ4n) is 1.49. The molecule has 0 aliphatic carbocycles. The highest BCUT2D eigenvalue weighted by molar-refractivity contribution is 6.06. The van der Waals surface area contributed by atoms with Crippen molar-refractivity contribution in [2.24, 2.45) is 4.99 Å². The highest BCUT2D eigenvalue weighted by Crippen LogP contribution is 2.10. The number of aliphatic imine (C=N–C) groups is 1. The molecular weight excluding hydrogens is 212 g/mol. The summed E-state index contributed by atoms with van der Waals surface area (Å²) in [7, 11) is 0. The molecule has 0 saturated carbocycles. The summed E-state index contributed by atoms with van der Waals surface area (Å²) < 4.78 is 5.38. The molecular formula is C14H16N2O. The molecule has 1 aromatic heterocycles. The number of nitrogens with one attached hydrogen (secondary N) is 1. The lowest BCUT2D eigenvalue weighted by Crippen LogP contribution is -2.15. The van der Waals surface area contributed by atoms with Crippen LogP contribution in [-0.4, -0.2) is 11.9 Å². The Hall–Kier alpha value is -2.03. The molecule has 88 valence electrons. The summed E-state index contributed by atoms with van der Waals surface area (Å²) in [4.78, 5) is 4.53. The van der Waals surface area contributed by atoms with Crippen molar-refractivity contribution >= 4 is 11.5 Å². The first-order valence-corrected chi connectivity index (χ1v) is 5.69. The monoisotopic (exact) mass is 228 g/mol. The van der Waals surface area contributed by atoms with E-state index in [1.807, 2.05) is 56.3 Å². The lowest BCUT2D eigenvalue weighted by Gasteiger charge is -2.09. The smallest absolute Gasteiger partial charge is 0.169 e. The first-order valence-electron chi connectivity index (χ1n) is 5.69. The minimum atomic E-state index is 0.214. The molecule has 1 aromatic carbocycles. The lowest BCUT2D eigenvalue weighted by atomic mass is 10.3. The molecule has 0 atom stereocenters. The van der Waals surface area contributed by atoms with Gasteiger partial charge in [0.25, 0.3) is 0 Å². The van der Waals surface area contributed by atoms with Crippen LogP contribution in [0.25, 0.3) is 0 Å². The Bertz CT molecular complexity index is 472. The fraction of sp³-hybridized carbons (Fsp3) is 0.214. The molecule has 0 radical (unpaired) electrons. The number of nitrogens with zero attached hydrogens (tertiary/aromatic N) is 1. The van der Waals surface area contributed by atoms with E-state index >= 15 is 0 Å². The van der Waals surface area contributed by atoms with Crippen LogP contribution in [0, 0.1) is 0 Å². The van der Waals surface area contributed by atoms with Crippen LogP contribution in [-0.2, 0) is 0 Å². The van der Waals surface area contributed by atoms with Gasteiger partial charge < -0.3 is 9.73 Å². The maximum Gasteiger partial charge on any atom is 0.169 e. The van der Waals surface area contributed by atoms with Gasteiger partial charge in [0.05, 0.1) is 6.26 Å². The fourth-order valence-corrected chi connectivity index (χ4v) is 1.49. The normalized spacial score (nSPS) is 11.8. The molecule has 3 heteroatoms. The van der Waals surface area contributed by atoms with Gasteiger partial charge >= 0.3 is 0 Å². The predicted octanol–water partition coefficient (Wildman–Crippen LogP) is 3.55. The van der Waals surface area contributed by atoms with Gasteiger partial charge in [-0.15, -0.1) is 0 Å². The lowest BCUT2D eigenvalue weighted by molar-refractivity contribution is 0.556. The van der Waals surface area contributed by atoms with Crippen molar-refractivity contribution < 1.29 is 4.42 Å². The van der Waals surface area contributed by atoms with Gasteiger partial charge in [0.15, 0.2) is 11.6 Å². The van der Waals surface area contributed by atoms with Crippen LogP contribution in [0.15, 0.2) is 58.1 Å². The zero-order chi connectivity index (χ0) is 12.1. The number of benzene rings is 1. The highest BCUT2D eigenvalue weighted by atomic mass is 16.3. The SMILES string of the molecule is CC(C)N=C(Nc1ccccc1)c1ccco1. The third kappa shape index (κ3) is 3.21. The molecule has 1 N–H and O–H groups in total. The van der Waals surface area contributed by atoms with E-state index in [1.54, 1.807) is 6.26 Å². The van der Waals surface area contributed by atoms with Crippen LogP contribution in [0.5, 0.6) is 0 Å². The molecule has 0 amide bonds. The molecule has 0 spiro atoms. The molecule has 0 fully saturated rings. The number of furan rings is 1. The minimum Gasteiger partial charge on any atom is -0.461 e. The van der Waals surface area contributed by atoms with Crippen molar-refractivity contribution in [3.05, 3.63) is 54.5 Å². The Morgan fingerprint density at radius 3 is 2.47 bits per heavy atom. The largest absolute Gasteiger partial charge is 0.461 e. The van der Waals surface area contributed by atoms with E-state index in [0.29, 0.717) is 0 Å². The number of hydrogen-bond acceptors (Lipinski definition) is 2. The Morgan fingerprint density at radius 1 is 1.12 bits per heavy atom. The Labute approximate surface area is 101 Å². The molecule has 1 heterocycles. The summed E-state index contributed by atoms with van der Waals surface area (Å²) in [5.41, 5.74) is 1.00. The van der Waals surface area contributed by atoms with E-state index in [2.05, 4.69) is 10.3 Å². The molecule has 17 heavy (non-hydrogen) atoms. The van der Waals surface area contributed by atoms with Crippen molar-refractivity contribution in [3.8, 4) is 0 Å². The first-order chi connectivity index (χ1) is 8.25. The van der Waals surface area contributed by atoms with Crippen molar-refractivity contribution in [2.75, 3.05) is 5.32 Å². The summed E-state index contributed by atoms with van der Waals surface area (Å²) in [5, 5.41) is 3.27. The third-order valence-corrected chi connectivity index (χ3v) is 2.18. The number of anilines is 1. The van der Waals surface area contributed by atoms with E-state index in [4.69, 9.17) is 4.42 Å². The van der Waals surface area contributed by atoms with Crippen LogP contribution in [0.1, 0.15) is 19.6 Å². The van der Waals surface area contributed by atoms with Crippen molar-refractivity contribution in [1.29, 1.82) is 0 Å². The van der Waals surface area contributed by atoms with Gasteiger partial charge in [-0.3, -0.25) is 4.99 Å². The van der Waals surface area contributed by atoms with Crippen LogP contribution in [0.4, 0.5) is 5.69 Å². The standard InChI is InChI=1S/C14H16N2O/c1-11(2)15-14(13-9-6-10-17-13)16-12-7-4-3-5-8-12/h3-11H,1-2H3,(H,15,16). The minimum absolute atomic E-state index is 0.214. The summed E-state index contributed by atoms with van der Waals surface area (Å²) >= 11 is 0. The average Bonchev–Trinajstić information content (AvgIpc) is 2.82. The predicted molar refractivity (Wildman–Crippen MR) is 70.4 cm³/mol. The summed E-state index contributed by atoms with van der Waals surface area (Å²) in [5.74, 6) is 1.51. The van der Waals surface area contributed by atoms with Crippen LogP contribution >= 0.6 is 0 Å². The van der Waals surface area contributed by atoms with Gasteiger partial charge in [0.1, 0.15) is 0 Å². The molecule has 0 aliphatic heterocycles. The quantitative estimate of drug-likeness (QED) is 0.644. The second-order valence-corrected chi connectivity index (χ2v) is 4.04. The Balaban J connectivity index is 2.24. The molecule has 0 saturated heterocycles. The van der Waals surface area contributed by atoms with Crippen LogP contribution < -0.4 is 5.32 Å². The van der Waals surface area contributed by atoms with Gasteiger partial charge in [-0.1, -0.05) is 18.2 Å². The van der Waals surface area contributed by atoms with Crippen LogP contribution in [0.2, 0.25) is 0 Å². The second-order valence-electron chi connectivity index (χ2n) is 4.04. The van der Waals surface area contributed by atoms with Crippen LogP contribution in [0.3, 0.4) is 0 Å². The van der Waals surface area contributed by atoms with E-state index in [-0.39, 0.29) is 6.04 Å². The molecule has 3 nitrogen and oxygen atoms in total. The molecule has 2 rings (SSSR count). The number of hydrogen-bond donors (Lipinski definition) is 1. The molecule has 0 aliphatic rings. The zero-order valence-corrected chi connectivity index (χ0v) is 10.1. The second kappa shape index (κ2) is 5.34. The van der Waals surface area contributed by atoms with Gasteiger partial charge in [0.2, 0.25) is 0 Å². The molecule has 0 unspecified atom stereocenters. The van der Waals surface area contributed by atoms with E-state index < -0.39 is 0 Å². The maximum atomic E-state index is 5.38. The zero-order valence-electron chi connectivity index (χ0n) is 10.1. The van der Waals surface area contributed by atoms with Gasteiger partial charge in [-0.05, 0) is 38.1 Å². The van der Waals surface area contributed by atoms with Gasteiger partial charge in [0, 0.05) is 11.7 Å². The number of rotatable bonds is 3. The summed E-state index contributed by atoms with van der Waals surface area (Å²) in [6.45, 7) is 4.07. The Kier molecular flexibility index (Phi) is 3.60. The first kappa shape index (κ1) is 11.5. The third-order valence-electron chi connectivity index (χ3n) is 2.18. The van der Waals surface area contributed by atoms with Gasteiger partial charge in [-0.25, -0.2) is 0 Å². The highest BCUT2D eigenvalue weighted by Gasteiger charge is 2.07. The Morgan fingerprint density at radius 2 is 1.88 bits per heavy atom. The summed E-state index contributed by atoms with van der Waals surface area (Å²) in [6.07, 6.45) is 1.65. The van der Waals surface area contributed by atoms with E-state index in [1.165, 1.54) is 0 Å². The number of para-hydroxylation sites is 1. The van der Waals surface area contributed by atoms with Crippen molar-refractivity contribution in [2.45, 2.75) is 19.9 Å². The van der Waals surface area contributed by atoms with E-state index in [9.17, 15) is 0 Å².